The van der Waals surface area contributed by atoms with Crippen molar-refractivity contribution in [1.82, 2.24) is 29.5 Å². The van der Waals surface area contributed by atoms with E-state index < -0.39 is 12.6 Å². The van der Waals surface area contributed by atoms with Crippen LogP contribution in [0.1, 0.15) is 16.7 Å². The lowest BCUT2D eigenvalue weighted by Gasteiger charge is -2.11. The Morgan fingerprint density at radius 1 is 0.971 bits per heavy atom. The molecule has 0 fully saturated rings. The summed E-state index contributed by atoms with van der Waals surface area (Å²) in [6, 6.07) is 17.6. The minimum atomic E-state index is -1.02. The third-order valence-electron chi connectivity index (χ3n) is 5.41. The van der Waals surface area contributed by atoms with Crippen LogP contribution < -0.4 is 10.1 Å². The molecule has 2 aromatic carbocycles. The van der Waals surface area contributed by atoms with Crippen LogP contribution in [0, 0.1) is 0 Å². The van der Waals surface area contributed by atoms with Gasteiger partial charge in [0.25, 0.3) is 0 Å². The van der Waals surface area contributed by atoms with Gasteiger partial charge < -0.3 is 15.2 Å². The monoisotopic (exact) mass is 469 g/mol. The minimum absolute atomic E-state index is 0.397. The van der Waals surface area contributed by atoms with Gasteiger partial charge in [0.2, 0.25) is 0 Å². The van der Waals surface area contributed by atoms with Crippen LogP contribution in [0.5, 0.6) is 5.75 Å². The first kappa shape index (κ1) is 22.1. The second-order valence-corrected chi connectivity index (χ2v) is 7.95. The predicted molar refractivity (Wildman–Crippen MR) is 129 cm³/mol. The lowest BCUT2D eigenvalue weighted by Crippen LogP contribution is -2.11. The van der Waals surface area contributed by atoms with Gasteiger partial charge in [0.15, 0.2) is 12.3 Å². The first-order chi connectivity index (χ1) is 17.1. The molecule has 0 saturated heterocycles. The number of rotatable bonds is 10. The number of benzene rings is 2. The Hall–Kier alpha value is -4.73. The number of nitrogens with one attached hydrogen (secondary N) is 1. The van der Waals surface area contributed by atoms with Gasteiger partial charge in [-0.05, 0) is 23.3 Å². The largest absolute Gasteiger partial charge is 0.482 e. The Bertz CT molecular complexity index is 1430. The number of fused-ring (bicyclic) bond motifs is 1. The Morgan fingerprint density at radius 3 is 2.49 bits per heavy atom. The third kappa shape index (κ3) is 5.44. The van der Waals surface area contributed by atoms with Gasteiger partial charge in [-0.1, -0.05) is 42.5 Å². The minimum Gasteiger partial charge on any atom is -0.482 e. The van der Waals surface area contributed by atoms with Crippen LogP contribution in [0.15, 0.2) is 79.5 Å². The van der Waals surface area contributed by atoms with E-state index in [4.69, 9.17) is 9.84 Å². The fourth-order valence-corrected chi connectivity index (χ4v) is 3.73. The summed E-state index contributed by atoms with van der Waals surface area (Å²) in [5, 5.41) is 21.8. The molecular formula is C25H23N7O3. The van der Waals surface area contributed by atoms with Gasteiger partial charge in [-0.25, -0.2) is 14.8 Å². The van der Waals surface area contributed by atoms with E-state index in [9.17, 15) is 4.79 Å². The molecule has 10 nitrogen and oxygen atoms in total. The smallest absolute Gasteiger partial charge is 0.341 e. The van der Waals surface area contributed by atoms with Crippen LogP contribution in [-0.2, 0) is 24.4 Å². The molecule has 0 unspecified atom stereocenters. The van der Waals surface area contributed by atoms with E-state index in [-0.39, 0.29) is 0 Å². The fraction of sp³-hybridized carbons (Fsp3) is 0.160. The average Bonchev–Trinajstić information content (AvgIpc) is 3.53. The van der Waals surface area contributed by atoms with Gasteiger partial charge in [0.05, 0.1) is 18.5 Å². The Balaban J connectivity index is 1.28. The zero-order valence-corrected chi connectivity index (χ0v) is 18.8. The lowest BCUT2D eigenvalue weighted by molar-refractivity contribution is -0.139. The number of carboxylic acids is 1. The summed E-state index contributed by atoms with van der Waals surface area (Å²) in [5.41, 5.74) is 3.71. The maximum atomic E-state index is 10.9. The van der Waals surface area contributed by atoms with Gasteiger partial charge in [-0.2, -0.15) is 10.2 Å². The second-order valence-electron chi connectivity index (χ2n) is 7.95. The summed E-state index contributed by atoms with van der Waals surface area (Å²) in [5.74, 6) is 0.133. The molecule has 35 heavy (non-hydrogen) atoms. The Morgan fingerprint density at radius 2 is 1.74 bits per heavy atom. The quantitative estimate of drug-likeness (QED) is 0.320. The van der Waals surface area contributed by atoms with Crippen LogP contribution >= 0.6 is 0 Å². The van der Waals surface area contributed by atoms with E-state index in [0.29, 0.717) is 30.3 Å². The van der Waals surface area contributed by atoms with Crippen LogP contribution in [0.2, 0.25) is 0 Å². The van der Waals surface area contributed by atoms with E-state index >= 15 is 0 Å². The predicted octanol–water partition coefficient (Wildman–Crippen LogP) is 3.19. The maximum absolute atomic E-state index is 10.9. The molecule has 0 spiro atoms. The molecule has 176 valence electrons. The van der Waals surface area contributed by atoms with Gasteiger partial charge in [-0.15, -0.1) is 0 Å². The topological polar surface area (TPSA) is 120 Å². The Kier molecular flexibility index (Phi) is 6.33. The molecule has 3 aromatic heterocycles. The number of para-hydroxylation sites is 1. The van der Waals surface area contributed by atoms with Crippen molar-refractivity contribution in [2.45, 2.75) is 19.6 Å². The highest BCUT2D eigenvalue weighted by Crippen LogP contribution is 2.22. The number of carbonyl (C=O) groups is 1. The summed E-state index contributed by atoms with van der Waals surface area (Å²) in [6.07, 6.45) is 7.10. The zero-order valence-electron chi connectivity index (χ0n) is 18.8. The number of ether oxygens (including phenoxy) is 1. The van der Waals surface area contributed by atoms with Crippen LogP contribution in [0.25, 0.3) is 11.0 Å². The molecule has 5 aromatic rings. The molecule has 0 aliphatic heterocycles. The van der Waals surface area contributed by atoms with Crippen LogP contribution in [0.3, 0.4) is 0 Å². The van der Waals surface area contributed by atoms with Gasteiger partial charge in [0.1, 0.15) is 17.9 Å². The van der Waals surface area contributed by atoms with Crippen LogP contribution in [0.4, 0.5) is 5.82 Å². The van der Waals surface area contributed by atoms with Crippen molar-refractivity contribution < 1.29 is 14.6 Å². The van der Waals surface area contributed by atoms with E-state index in [1.54, 1.807) is 18.3 Å². The lowest BCUT2D eigenvalue weighted by atomic mass is 10.1. The first-order valence-corrected chi connectivity index (χ1v) is 11.0. The number of aromatic nitrogens is 6. The highest BCUT2D eigenvalue weighted by atomic mass is 16.5. The molecule has 0 amide bonds. The van der Waals surface area contributed by atoms with E-state index in [2.05, 4.69) is 49.7 Å². The highest BCUT2D eigenvalue weighted by molar-refractivity contribution is 5.85. The van der Waals surface area contributed by atoms with Gasteiger partial charge >= 0.3 is 5.97 Å². The molecule has 0 aliphatic rings. The molecular weight excluding hydrogens is 446 g/mol. The third-order valence-corrected chi connectivity index (χ3v) is 5.41. The summed E-state index contributed by atoms with van der Waals surface area (Å²) in [7, 11) is 0. The zero-order chi connectivity index (χ0) is 24.0. The molecule has 5 rings (SSSR count). The molecule has 0 radical (unpaired) electrons. The molecule has 0 bridgehead atoms. The fourth-order valence-electron chi connectivity index (χ4n) is 3.73. The molecule has 0 atom stereocenters. The van der Waals surface area contributed by atoms with Crippen molar-refractivity contribution in [2.24, 2.45) is 0 Å². The maximum Gasteiger partial charge on any atom is 0.341 e. The Labute approximate surface area is 200 Å². The summed E-state index contributed by atoms with van der Waals surface area (Å²) >= 11 is 0. The van der Waals surface area contributed by atoms with Crippen LogP contribution in [-0.4, -0.2) is 47.2 Å². The number of nitrogens with zero attached hydrogens (tertiary/aromatic N) is 6. The molecule has 10 heteroatoms. The second kappa shape index (κ2) is 10.0. The number of hydrogen-bond acceptors (Lipinski definition) is 7. The molecule has 3 heterocycles. The number of hydrogen-bond donors (Lipinski definition) is 2. The van der Waals surface area contributed by atoms with Crippen molar-refractivity contribution in [3.63, 3.8) is 0 Å². The van der Waals surface area contributed by atoms with E-state index in [1.807, 2.05) is 40.0 Å². The number of carboxylic acid groups (broad SMARTS) is 1. The molecule has 0 saturated carbocycles. The van der Waals surface area contributed by atoms with Crippen molar-refractivity contribution in [2.75, 3.05) is 11.9 Å². The first-order valence-electron chi connectivity index (χ1n) is 11.0. The molecule has 2 N–H and O–H groups in total. The number of anilines is 1. The van der Waals surface area contributed by atoms with Crippen molar-refractivity contribution in [3.05, 3.63) is 96.2 Å². The van der Waals surface area contributed by atoms with Crippen molar-refractivity contribution in [3.8, 4) is 5.75 Å². The van der Waals surface area contributed by atoms with Crippen molar-refractivity contribution >= 4 is 22.8 Å². The summed E-state index contributed by atoms with van der Waals surface area (Å²) in [6.45, 7) is 1.34. The molecule has 0 aliphatic carbocycles. The average molecular weight is 470 g/mol. The van der Waals surface area contributed by atoms with E-state index in [1.165, 1.54) is 11.9 Å². The SMILES string of the molecule is O=C(O)COc1ccccc1CNc1ncnc2nn(Cc3ccc(Cn4cccn4)cc3)cc12. The standard InChI is InChI=1S/C25H23N7O3/c33-23(34)16-35-22-5-2-1-4-20(22)12-26-24-21-15-32(30-25(21)28-17-27-24)14-19-8-6-18(7-9-19)13-31-11-3-10-29-31/h1-11,15,17H,12-14,16H2,(H,33,34)(H,26,27,28,30). The highest BCUT2D eigenvalue weighted by Gasteiger charge is 2.11. The summed E-state index contributed by atoms with van der Waals surface area (Å²) < 4.78 is 9.12. The normalized spacial score (nSPS) is 11.0. The van der Waals surface area contributed by atoms with Gasteiger partial charge in [0, 0.05) is 30.7 Å². The van der Waals surface area contributed by atoms with Crippen molar-refractivity contribution in [1.29, 1.82) is 0 Å². The number of aliphatic carboxylic acids is 1. The van der Waals surface area contributed by atoms with Gasteiger partial charge in [-0.3, -0.25) is 9.36 Å². The van der Waals surface area contributed by atoms with E-state index in [0.717, 1.165) is 23.1 Å². The summed E-state index contributed by atoms with van der Waals surface area (Å²) in [4.78, 5) is 19.5.